The van der Waals surface area contributed by atoms with Gasteiger partial charge in [0, 0.05) is 24.9 Å². The number of fused-ring (bicyclic) bond motifs is 1. The second-order valence-corrected chi connectivity index (χ2v) is 6.59. The van der Waals surface area contributed by atoms with Crippen LogP contribution in [0.25, 0.3) is 11.0 Å². The van der Waals surface area contributed by atoms with E-state index in [1.54, 1.807) is 6.07 Å². The minimum Gasteiger partial charge on any atom is -0.478 e. The molecule has 1 amide bonds. The SMILES string of the molecule is N=C(N)NCC1CCC(C(=O)Nc2ccnc3[nH]cc(C(=O)O)c23)CC1. The van der Waals surface area contributed by atoms with E-state index in [1.807, 2.05) is 0 Å². The van der Waals surface area contributed by atoms with E-state index >= 15 is 0 Å². The summed E-state index contributed by atoms with van der Waals surface area (Å²) in [6, 6.07) is 1.61. The summed E-state index contributed by atoms with van der Waals surface area (Å²) in [5.41, 5.74) is 6.27. The average Bonchev–Trinajstić information content (AvgIpc) is 3.06. The maximum absolute atomic E-state index is 12.6. The molecule has 0 unspecified atom stereocenters. The van der Waals surface area contributed by atoms with Gasteiger partial charge in [0.25, 0.3) is 0 Å². The number of carboxylic acid groups (broad SMARTS) is 1. The number of aromatic amines is 1. The number of H-pyrrole nitrogens is 1. The Bertz CT molecular complexity index is 838. The van der Waals surface area contributed by atoms with Gasteiger partial charge >= 0.3 is 5.97 Å². The van der Waals surface area contributed by atoms with Gasteiger partial charge in [0.15, 0.2) is 5.96 Å². The number of rotatable bonds is 5. The molecule has 0 atom stereocenters. The molecule has 2 aromatic heterocycles. The molecule has 0 aromatic carbocycles. The van der Waals surface area contributed by atoms with Crippen LogP contribution in [0.5, 0.6) is 0 Å². The van der Waals surface area contributed by atoms with Crippen molar-refractivity contribution < 1.29 is 14.7 Å². The summed E-state index contributed by atoms with van der Waals surface area (Å²) >= 11 is 0. The van der Waals surface area contributed by atoms with Crippen LogP contribution in [-0.4, -0.2) is 39.5 Å². The van der Waals surface area contributed by atoms with Crippen molar-refractivity contribution >= 4 is 34.6 Å². The van der Waals surface area contributed by atoms with Gasteiger partial charge in [-0.05, 0) is 37.7 Å². The highest BCUT2D eigenvalue weighted by Crippen LogP contribution is 2.31. The van der Waals surface area contributed by atoms with Gasteiger partial charge < -0.3 is 26.5 Å². The number of carbonyl (C=O) groups is 2. The molecule has 1 aliphatic carbocycles. The highest BCUT2D eigenvalue weighted by molar-refractivity contribution is 6.10. The van der Waals surface area contributed by atoms with Crippen molar-refractivity contribution in [3.8, 4) is 0 Å². The van der Waals surface area contributed by atoms with Gasteiger partial charge in [-0.15, -0.1) is 0 Å². The van der Waals surface area contributed by atoms with E-state index in [0.29, 0.717) is 29.2 Å². The first-order chi connectivity index (χ1) is 12.5. The lowest BCUT2D eigenvalue weighted by atomic mass is 9.81. The number of guanidine groups is 1. The van der Waals surface area contributed by atoms with E-state index in [2.05, 4.69) is 20.6 Å². The number of aromatic nitrogens is 2. The highest BCUT2D eigenvalue weighted by Gasteiger charge is 2.27. The number of nitrogens with two attached hydrogens (primary N) is 1. The van der Waals surface area contributed by atoms with Crippen LogP contribution in [-0.2, 0) is 4.79 Å². The number of amides is 1. The molecule has 3 rings (SSSR count). The Morgan fingerprint density at radius 2 is 2.08 bits per heavy atom. The van der Waals surface area contributed by atoms with Gasteiger partial charge in [0.1, 0.15) is 5.65 Å². The van der Waals surface area contributed by atoms with Crippen LogP contribution in [0.15, 0.2) is 18.5 Å². The number of hydrogen-bond donors (Lipinski definition) is 6. The first-order valence-electron chi connectivity index (χ1n) is 8.54. The third-order valence-corrected chi connectivity index (χ3v) is 4.86. The molecular weight excluding hydrogens is 336 g/mol. The molecule has 7 N–H and O–H groups in total. The molecule has 0 radical (unpaired) electrons. The fourth-order valence-corrected chi connectivity index (χ4v) is 3.45. The maximum atomic E-state index is 12.6. The molecule has 2 aromatic rings. The van der Waals surface area contributed by atoms with Crippen LogP contribution in [0, 0.1) is 17.2 Å². The lowest BCUT2D eigenvalue weighted by molar-refractivity contribution is -0.121. The van der Waals surface area contributed by atoms with E-state index in [4.69, 9.17) is 11.1 Å². The third kappa shape index (κ3) is 3.76. The molecule has 9 heteroatoms. The molecule has 0 spiro atoms. The smallest absolute Gasteiger partial charge is 0.338 e. The molecule has 9 nitrogen and oxygen atoms in total. The summed E-state index contributed by atoms with van der Waals surface area (Å²) in [6.45, 7) is 0.653. The fourth-order valence-electron chi connectivity index (χ4n) is 3.45. The lowest BCUT2D eigenvalue weighted by Crippen LogP contribution is -2.36. The Hall–Kier alpha value is -3.10. The van der Waals surface area contributed by atoms with Crippen molar-refractivity contribution in [1.29, 1.82) is 5.41 Å². The van der Waals surface area contributed by atoms with E-state index in [0.717, 1.165) is 25.7 Å². The molecule has 0 bridgehead atoms. The van der Waals surface area contributed by atoms with Crippen molar-refractivity contribution in [2.45, 2.75) is 25.7 Å². The first-order valence-corrected chi connectivity index (χ1v) is 8.54. The zero-order chi connectivity index (χ0) is 18.7. The largest absolute Gasteiger partial charge is 0.478 e. The molecule has 1 aliphatic rings. The highest BCUT2D eigenvalue weighted by atomic mass is 16.4. The topological polar surface area (TPSA) is 157 Å². The predicted molar refractivity (Wildman–Crippen MR) is 97.0 cm³/mol. The predicted octanol–water partition coefficient (Wildman–Crippen LogP) is 1.49. The fraction of sp³-hybridized carbons (Fsp3) is 0.412. The first kappa shape index (κ1) is 17.7. The van der Waals surface area contributed by atoms with Gasteiger partial charge in [0.05, 0.1) is 16.6 Å². The summed E-state index contributed by atoms with van der Waals surface area (Å²) in [7, 11) is 0. The van der Waals surface area contributed by atoms with Crippen LogP contribution in [0.2, 0.25) is 0 Å². The zero-order valence-electron chi connectivity index (χ0n) is 14.2. The van der Waals surface area contributed by atoms with Crippen LogP contribution in [0.1, 0.15) is 36.0 Å². The van der Waals surface area contributed by atoms with Crippen molar-refractivity contribution in [1.82, 2.24) is 15.3 Å². The molecular formula is C17H22N6O3. The van der Waals surface area contributed by atoms with E-state index in [-0.39, 0.29) is 23.3 Å². The summed E-state index contributed by atoms with van der Waals surface area (Å²) in [4.78, 5) is 30.9. The summed E-state index contributed by atoms with van der Waals surface area (Å²) < 4.78 is 0. The molecule has 0 aliphatic heterocycles. The van der Waals surface area contributed by atoms with Crippen LogP contribution in [0.3, 0.4) is 0 Å². The summed E-state index contributed by atoms with van der Waals surface area (Å²) in [6.07, 6.45) is 6.18. The summed E-state index contributed by atoms with van der Waals surface area (Å²) in [5.74, 6) is -0.920. The maximum Gasteiger partial charge on any atom is 0.338 e. The Morgan fingerprint density at radius 3 is 2.73 bits per heavy atom. The molecule has 0 saturated heterocycles. The normalized spacial score (nSPS) is 19.8. The summed E-state index contributed by atoms with van der Waals surface area (Å²) in [5, 5.41) is 22.6. The number of anilines is 1. The zero-order valence-corrected chi connectivity index (χ0v) is 14.2. The minimum absolute atomic E-state index is 0.0349. The Morgan fingerprint density at radius 1 is 1.35 bits per heavy atom. The Labute approximate surface area is 149 Å². The monoisotopic (exact) mass is 358 g/mol. The number of hydrogen-bond acceptors (Lipinski definition) is 4. The van der Waals surface area contributed by atoms with E-state index < -0.39 is 5.97 Å². The average molecular weight is 358 g/mol. The Kier molecular flexibility index (Phi) is 5.06. The molecule has 26 heavy (non-hydrogen) atoms. The van der Waals surface area contributed by atoms with Gasteiger partial charge in [-0.25, -0.2) is 9.78 Å². The number of aromatic carboxylic acids is 1. The standard InChI is InChI=1S/C17H22N6O3/c18-17(19)22-7-9-1-3-10(4-2-9)15(24)23-12-5-6-20-14-13(12)11(8-21-14)16(25)26/h5-6,8-10H,1-4,7H2,(H,25,26)(H4,18,19,22)(H2,20,21,23,24). The minimum atomic E-state index is -1.07. The van der Waals surface area contributed by atoms with Crippen LogP contribution in [0.4, 0.5) is 5.69 Å². The van der Waals surface area contributed by atoms with Crippen molar-refractivity contribution in [2.75, 3.05) is 11.9 Å². The van der Waals surface area contributed by atoms with Gasteiger partial charge in [0.2, 0.25) is 5.91 Å². The van der Waals surface area contributed by atoms with Gasteiger partial charge in [-0.2, -0.15) is 0 Å². The molecule has 2 heterocycles. The quantitative estimate of drug-likeness (QED) is 0.351. The van der Waals surface area contributed by atoms with Crippen molar-refractivity contribution in [2.24, 2.45) is 17.6 Å². The lowest BCUT2D eigenvalue weighted by Gasteiger charge is -2.28. The second kappa shape index (κ2) is 7.42. The van der Waals surface area contributed by atoms with E-state index in [1.165, 1.54) is 12.4 Å². The van der Waals surface area contributed by atoms with Crippen molar-refractivity contribution in [3.63, 3.8) is 0 Å². The van der Waals surface area contributed by atoms with E-state index in [9.17, 15) is 14.7 Å². The number of nitrogens with zero attached hydrogens (tertiary/aromatic N) is 1. The number of pyridine rings is 1. The number of carboxylic acids is 1. The molecule has 1 saturated carbocycles. The van der Waals surface area contributed by atoms with Gasteiger partial charge in [-0.1, -0.05) is 0 Å². The third-order valence-electron chi connectivity index (χ3n) is 4.86. The van der Waals surface area contributed by atoms with Crippen molar-refractivity contribution in [3.05, 3.63) is 24.0 Å². The molecule has 1 fully saturated rings. The second-order valence-electron chi connectivity index (χ2n) is 6.59. The van der Waals surface area contributed by atoms with Gasteiger partial charge in [-0.3, -0.25) is 10.2 Å². The Balaban J connectivity index is 1.66. The molecule has 138 valence electrons. The van der Waals surface area contributed by atoms with Crippen LogP contribution >= 0.6 is 0 Å². The number of carbonyl (C=O) groups excluding carboxylic acids is 1. The number of nitrogens with one attached hydrogen (secondary N) is 4. The van der Waals surface area contributed by atoms with Crippen LogP contribution < -0.4 is 16.4 Å².